The summed E-state index contributed by atoms with van der Waals surface area (Å²) in [4.78, 5) is 19.6. The number of aromatic nitrogens is 2. The highest BCUT2D eigenvalue weighted by atomic mass is 32.1. The third-order valence-electron chi connectivity index (χ3n) is 2.35. The molecule has 1 N–H and O–H groups in total. The highest BCUT2D eigenvalue weighted by Crippen LogP contribution is 2.20. The first-order chi connectivity index (χ1) is 9.11. The molecule has 0 spiro atoms. The summed E-state index contributed by atoms with van der Waals surface area (Å²) in [5.41, 5.74) is 0.730. The van der Waals surface area contributed by atoms with Crippen molar-refractivity contribution in [2.75, 3.05) is 7.11 Å². The third kappa shape index (κ3) is 3.07. The molecule has 6 nitrogen and oxygen atoms in total. The van der Waals surface area contributed by atoms with Crippen molar-refractivity contribution < 1.29 is 19.1 Å². The number of ether oxygens (including phenoxy) is 1. The minimum atomic E-state index is -1.02. The van der Waals surface area contributed by atoms with E-state index in [4.69, 9.17) is 14.3 Å². The summed E-state index contributed by atoms with van der Waals surface area (Å²) < 4.78 is 10.1. The van der Waals surface area contributed by atoms with Gasteiger partial charge in [-0.15, -0.1) is 11.3 Å². The van der Waals surface area contributed by atoms with Gasteiger partial charge >= 0.3 is 5.97 Å². The van der Waals surface area contributed by atoms with Crippen molar-refractivity contribution >= 4 is 29.5 Å². The van der Waals surface area contributed by atoms with Crippen molar-refractivity contribution in [2.24, 2.45) is 0 Å². The number of nitrogens with zero attached hydrogens (tertiary/aromatic N) is 2. The minimum Gasteiger partial charge on any atom is -0.476 e. The summed E-state index contributed by atoms with van der Waals surface area (Å²) in [6, 6.07) is 0. The molecule has 7 heteroatoms. The number of oxazole rings is 1. The lowest BCUT2D eigenvalue weighted by molar-refractivity contribution is 0.0690. The average molecular weight is 280 g/mol. The maximum atomic E-state index is 10.9. The number of carboxylic acids is 1. The first kappa shape index (κ1) is 13.4. The largest absolute Gasteiger partial charge is 0.476 e. The Hall–Kier alpha value is -1.99. The van der Waals surface area contributed by atoms with Crippen LogP contribution in [0.4, 0.5) is 0 Å². The van der Waals surface area contributed by atoms with Gasteiger partial charge in [-0.05, 0) is 19.1 Å². The van der Waals surface area contributed by atoms with E-state index in [-0.39, 0.29) is 5.69 Å². The quantitative estimate of drug-likeness (QED) is 0.905. The summed E-state index contributed by atoms with van der Waals surface area (Å²) in [7, 11) is 1.57. The molecule has 0 unspecified atom stereocenters. The lowest BCUT2D eigenvalue weighted by Gasteiger charge is -1.93. The van der Waals surface area contributed by atoms with Gasteiger partial charge in [0.25, 0.3) is 0 Å². The second kappa shape index (κ2) is 5.77. The number of methoxy groups -OCH3 is 1. The fourth-order valence-electron chi connectivity index (χ4n) is 1.49. The second-order valence-electron chi connectivity index (χ2n) is 3.69. The Labute approximate surface area is 113 Å². The summed E-state index contributed by atoms with van der Waals surface area (Å²) in [6.45, 7) is 2.06. The van der Waals surface area contributed by atoms with Crippen molar-refractivity contribution in [1.29, 1.82) is 0 Å². The Balaban J connectivity index is 2.20. The Bertz CT molecular complexity index is 615. The van der Waals surface area contributed by atoms with Gasteiger partial charge in [0.1, 0.15) is 17.3 Å². The van der Waals surface area contributed by atoms with Crippen LogP contribution in [0.5, 0.6) is 0 Å². The molecule has 0 fully saturated rings. The fraction of sp³-hybridized carbons (Fsp3) is 0.250. The molecule has 2 heterocycles. The maximum Gasteiger partial charge on any atom is 0.355 e. The molecule has 0 amide bonds. The van der Waals surface area contributed by atoms with Crippen molar-refractivity contribution in [2.45, 2.75) is 13.5 Å². The van der Waals surface area contributed by atoms with Crippen molar-refractivity contribution in [1.82, 2.24) is 9.97 Å². The predicted molar refractivity (Wildman–Crippen MR) is 70.0 cm³/mol. The standard InChI is InChI=1S/C12H12N2O4S/c1-7-11(12(15)16)14-10(19-7)4-3-8-9(5-17-2)18-6-13-8/h3-4,6H,5H2,1-2H3,(H,15,16)/b4-3+. The maximum absolute atomic E-state index is 10.9. The molecule has 0 aromatic carbocycles. The van der Waals surface area contributed by atoms with Crippen LogP contribution in [0, 0.1) is 6.92 Å². The molecular formula is C12H12N2O4S. The van der Waals surface area contributed by atoms with Gasteiger partial charge < -0.3 is 14.3 Å². The number of aryl methyl sites for hydroxylation is 1. The van der Waals surface area contributed by atoms with Gasteiger partial charge in [-0.25, -0.2) is 14.8 Å². The van der Waals surface area contributed by atoms with Crippen LogP contribution in [-0.4, -0.2) is 28.2 Å². The predicted octanol–water partition coefficient (Wildman–Crippen LogP) is 2.45. The van der Waals surface area contributed by atoms with E-state index in [2.05, 4.69) is 9.97 Å². The Morgan fingerprint density at radius 3 is 3.00 bits per heavy atom. The molecule has 2 rings (SSSR count). The Kier molecular flexibility index (Phi) is 4.08. The van der Waals surface area contributed by atoms with Crippen LogP contribution in [0.15, 0.2) is 10.8 Å². The molecule has 0 radical (unpaired) electrons. The van der Waals surface area contributed by atoms with Gasteiger partial charge in [0.2, 0.25) is 0 Å². The monoisotopic (exact) mass is 280 g/mol. The zero-order valence-electron chi connectivity index (χ0n) is 10.4. The summed E-state index contributed by atoms with van der Waals surface area (Å²) >= 11 is 1.32. The van der Waals surface area contributed by atoms with Crippen molar-refractivity contribution in [3.05, 3.63) is 33.4 Å². The topological polar surface area (TPSA) is 85.5 Å². The van der Waals surface area contributed by atoms with E-state index in [9.17, 15) is 4.79 Å². The molecule has 0 aliphatic carbocycles. The number of carbonyl (C=O) groups is 1. The summed E-state index contributed by atoms with van der Waals surface area (Å²) in [5, 5.41) is 9.53. The molecule has 0 saturated carbocycles. The van der Waals surface area contributed by atoms with Gasteiger partial charge in [0.05, 0.1) is 0 Å². The molecule has 2 aromatic heterocycles. The lowest BCUT2D eigenvalue weighted by atomic mass is 10.3. The average Bonchev–Trinajstić information content (AvgIpc) is 2.94. The molecular weight excluding hydrogens is 268 g/mol. The molecule has 100 valence electrons. The van der Waals surface area contributed by atoms with Crippen LogP contribution >= 0.6 is 11.3 Å². The van der Waals surface area contributed by atoms with Crippen molar-refractivity contribution in [3.63, 3.8) is 0 Å². The Morgan fingerprint density at radius 1 is 1.58 bits per heavy atom. The smallest absolute Gasteiger partial charge is 0.355 e. The van der Waals surface area contributed by atoms with E-state index in [1.807, 2.05) is 0 Å². The number of hydrogen-bond donors (Lipinski definition) is 1. The van der Waals surface area contributed by atoms with Crippen LogP contribution in [0.25, 0.3) is 12.2 Å². The Morgan fingerprint density at radius 2 is 2.37 bits per heavy atom. The first-order valence-corrected chi connectivity index (χ1v) is 6.23. The highest BCUT2D eigenvalue weighted by Gasteiger charge is 2.12. The van der Waals surface area contributed by atoms with E-state index < -0.39 is 5.97 Å². The number of rotatable bonds is 5. The highest BCUT2D eigenvalue weighted by molar-refractivity contribution is 7.12. The van der Waals surface area contributed by atoms with E-state index in [1.165, 1.54) is 17.7 Å². The molecule has 0 bridgehead atoms. The van der Waals surface area contributed by atoms with Gasteiger partial charge in [0, 0.05) is 12.0 Å². The van der Waals surface area contributed by atoms with Crippen molar-refractivity contribution in [3.8, 4) is 0 Å². The van der Waals surface area contributed by atoms with E-state index in [0.29, 0.717) is 27.9 Å². The SMILES string of the molecule is COCc1ocnc1/C=C/c1nc(C(=O)O)c(C)s1. The first-order valence-electron chi connectivity index (χ1n) is 5.42. The van der Waals surface area contributed by atoms with Gasteiger partial charge in [-0.3, -0.25) is 0 Å². The minimum absolute atomic E-state index is 0.0851. The van der Waals surface area contributed by atoms with Gasteiger partial charge in [-0.2, -0.15) is 0 Å². The molecule has 2 aromatic rings. The van der Waals surface area contributed by atoms with E-state index in [0.717, 1.165) is 0 Å². The molecule has 19 heavy (non-hydrogen) atoms. The van der Waals surface area contributed by atoms with Crippen LogP contribution < -0.4 is 0 Å². The molecule has 0 atom stereocenters. The van der Waals surface area contributed by atoms with Gasteiger partial charge in [0.15, 0.2) is 17.8 Å². The van der Waals surface area contributed by atoms with Crippen LogP contribution in [0.3, 0.4) is 0 Å². The van der Waals surface area contributed by atoms with Crippen LogP contribution in [0.2, 0.25) is 0 Å². The molecule has 0 aliphatic rings. The van der Waals surface area contributed by atoms with Gasteiger partial charge in [-0.1, -0.05) is 0 Å². The zero-order valence-corrected chi connectivity index (χ0v) is 11.2. The summed E-state index contributed by atoms with van der Waals surface area (Å²) in [5.74, 6) is -0.402. The number of hydrogen-bond acceptors (Lipinski definition) is 6. The number of thiazole rings is 1. The van der Waals surface area contributed by atoms with E-state index >= 15 is 0 Å². The summed E-state index contributed by atoms with van der Waals surface area (Å²) in [6.07, 6.45) is 4.77. The van der Waals surface area contributed by atoms with Crippen LogP contribution in [0.1, 0.15) is 31.8 Å². The molecule has 0 saturated heterocycles. The number of aromatic carboxylic acids is 1. The number of carboxylic acid groups (broad SMARTS) is 1. The third-order valence-corrected chi connectivity index (χ3v) is 3.28. The second-order valence-corrected chi connectivity index (χ2v) is 4.92. The van der Waals surface area contributed by atoms with E-state index in [1.54, 1.807) is 26.2 Å². The lowest BCUT2D eigenvalue weighted by Crippen LogP contribution is -1.98. The molecule has 0 aliphatic heterocycles. The van der Waals surface area contributed by atoms with Crippen LogP contribution in [-0.2, 0) is 11.3 Å². The fourth-order valence-corrected chi connectivity index (χ4v) is 2.31. The zero-order chi connectivity index (χ0) is 13.8. The normalized spacial score (nSPS) is 11.3.